The highest BCUT2D eigenvalue weighted by Crippen LogP contribution is 2.05. The number of ether oxygens (including phenoxy) is 1. The van der Waals surface area contributed by atoms with E-state index in [4.69, 9.17) is 5.73 Å². The van der Waals surface area contributed by atoms with Crippen molar-refractivity contribution in [3.05, 3.63) is 12.2 Å². The molecule has 0 saturated heterocycles. The Bertz CT molecular complexity index is 236. The predicted octanol–water partition coefficient (Wildman–Crippen LogP) is 1.93. The minimum Gasteiger partial charge on any atom is -0.390 e. The van der Waals surface area contributed by atoms with E-state index in [1.807, 2.05) is 0 Å². The molecule has 0 unspecified atom stereocenters. The maximum atomic E-state index is 11.1. The molecule has 0 aromatic rings. The van der Waals surface area contributed by atoms with Crippen LogP contribution in [-0.4, -0.2) is 18.5 Å². The largest absolute Gasteiger partial charge is 0.390 e. The summed E-state index contributed by atoms with van der Waals surface area (Å²) in [7, 11) is 0. The van der Waals surface area contributed by atoms with Crippen LogP contribution in [0.4, 0.5) is 0 Å². The lowest BCUT2D eigenvalue weighted by molar-refractivity contribution is -0.156. The van der Waals surface area contributed by atoms with Crippen molar-refractivity contribution in [1.82, 2.24) is 0 Å². The van der Waals surface area contributed by atoms with E-state index >= 15 is 0 Å². The average molecular weight is 227 g/mol. The molecule has 0 aromatic carbocycles. The highest BCUT2D eigenvalue weighted by molar-refractivity contribution is 5.91. The molecule has 0 radical (unpaired) electrons. The molecular weight excluding hydrogens is 206 g/mol. The van der Waals surface area contributed by atoms with Crippen molar-refractivity contribution in [1.29, 1.82) is 0 Å². The van der Waals surface area contributed by atoms with Crippen molar-refractivity contribution in [2.24, 2.45) is 5.73 Å². The molecule has 0 heterocycles. The molecule has 0 aliphatic heterocycles. The molecular formula is C12H21NO3. The zero-order chi connectivity index (χ0) is 12.2. The summed E-state index contributed by atoms with van der Waals surface area (Å²) in [4.78, 5) is 22.0. The van der Waals surface area contributed by atoms with E-state index in [9.17, 15) is 9.59 Å². The predicted molar refractivity (Wildman–Crippen MR) is 62.7 cm³/mol. The molecule has 0 bridgehead atoms. The smallest absolute Gasteiger partial charge is 0.338 e. The van der Waals surface area contributed by atoms with Gasteiger partial charge in [-0.25, -0.2) is 4.79 Å². The summed E-state index contributed by atoms with van der Waals surface area (Å²) >= 11 is 0. The first kappa shape index (κ1) is 14.8. The number of carbonyl (C=O) groups is 2. The van der Waals surface area contributed by atoms with Gasteiger partial charge in [0.05, 0.1) is 0 Å². The monoisotopic (exact) mass is 227 g/mol. The van der Waals surface area contributed by atoms with Gasteiger partial charge >= 0.3 is 11.9 Å². The SMILES string of the molecule is CC=CC(=O)OC(=O)CCCCCCCN. The number of rotatable bonds is 8. The van der Waals surface area contributed by atoms with Crippen LogP contribution in [0.1, 0.15) is 45.4 Å². The molecule has 0 spiro atoms. The lowest BCUT2D eigenvalue weighted by atomic mass is 10.1. The lowest BCUT2D eigenvalue weighted by Gasteiger charge is -2.00. The molecule has 0 saturated carbocycles. The van der Waals surface area contributed by atoms with Gasteiger partial charge in [-0.15, -0.1) is 0 Å². The molecule has 4 nitrogen and oxygen atoms in total. The number of hydrogen-bond acceptors (Lipinski definition) is 4. The van der Waals surface area contributed by atoms with Gasteiger partial charge in [-0.2, -0.15) is 0 Å². The molecule has 0 aromatic heterocycles. The second kappa shape index (κ2) is 10.4. The van der Waals surface area contributed by atoms with Gasteiger partial charge in [0.25, 0.3) is 0 Å². The maximum Gasteiger partial charge on any atom is 0.338 e. The van der Waals surface area contributed by atoms with Gasteiger partial charge in [0, 0.05) is 12.5 Å². The fraction of sp³-hybridized carbons (Fsp3) is 0.667. The Labute approximate surface area is 96.8 Å². The summed E-state index contributed by atoms with van der Waals surface area (Å²) in [5.74, 6) is -1.03. The van der Waals surface area contributed by atoms with E-state index in [0.717, 1.165) is 38.6 Å². The van der Waals surface area contributed by atoms with Crippen LogP contribution in [0.3, 0.4) is 0 Å². The topological polar surface area (TPSA) is 69.4 Å². The third-order valence-electron chi connectivity index (χ3n) is 2.10. The van der Waals surface area contributed by atoms with Gasteiger partial charge in [0.1, 0.15) is 0 Å². The Morgan fingerprint density at radius 1 is 1.12 bits per heavy atom. The van der Waals surface area contributed by atoms with Gasteiger partial charge < -0.3 is 10.5 Å². The van der Waals surface area contributed by atoms with Gasteiger partial charge in [-0.1, -0.05) is 25.3 Å². The summed E-state index contributed by atoms with van der Waals surface area (Å²) in [6, 6.07) is 0. The van der Waals surface area contributed by atoms with E-state index in [0.29, 0.717) is 6.42 Å². The number of hydrogen-bond donors (Lipinski definition) is 1. The molecule has 0 aliphatic rings. The van der Waals surface area contributed by atoms with Crippen molar-refractivity contribution in [2.75, 3.05) is 6.54 Å². The molecule has 0 aliphatic carbocycles. The van der Waals surface area contributed by atoms with Gasteiger partial charge in [-0.3, -0.25) is 4.79 Å². The number of nitrogens with two attached hydrogens (primary N) is 1. The van der Waals surface area contributed by atoms with Crippen LogP contribution < -0.4 is 5.73 Å². The molecule has 92 valence electrons. The summed E-state index contributed by atoms with van der Waals surface area (Å²) < 4.78 is 4.53. The Morgan fingerprint density at radius 3 is 2.38 bits per heavy atom. The van der Waals surface area contributed by atoms with E-state index in [2.05, 4.69) is 4.74 Å². The van der Waals surface area contributed by atoms with Gasteiger partial charge in [-0.05, 0) is 26.3 Å². The third kappa shape index (κ3) is 9.40. The van der Waals surface area contributed by atoms with Crippen LogP contribution in [0.15, 0.2) is 12.2 Å². The lowest BCUT2D eigenvalue weighted by Crippen LogP contribution is -2.09. The highest BCUT2D eigenvalue weighted by atomic mass is 16.6. The summed E-state index contributed by atoms with van der Waals surface area (Å²) in [5, 5.41) is 0. The average Bonchev–Trinajstić information content (AvgIpc) is 2.23. The second-order valence-electron chi connectivity index (χ2n) is 3.60. The Hall–Kier alpha value is -1.16. The molecule has 0 rings (SSSR count). The summed E-state index contributed by atoms with van der Waals surface area (Å²) in [6.07, 6.45) is 8.05. The van der Waals surface area contributed by atoms with Crippen molar-refractivity contribution in [2.45, 2.75) is 45.4 Å². The van der Waals surface area contributed by atoms with Crippen molar-refractivity contribution < 1.29 is 14.3 Å². The molecule has 0 fully saturated rings. The standard InChI is InChI=1S/C12H21NO3/c1-2-8-11(14)16-12(15)9-6-4-3-5-7-10-13/h2,8H,3-7,9-10,13H2,1H3. The fourth-order valence-corrected chi connectivity index (χ4v) is 1.28. The van der Waals surface area contributed by atoms with E-state index in [-0.39, 0.29) is 0 Å². The van der Waals surface area contributed by atoms with E-state index < -0.39 is 11.9 Å². The Morgan fingerprint density at radius 2 is 1.75 bits per heavy atom. The molecule has 0 atom stereocenters. The molecule has 2 N–H and O–H groups in total. The molecule has 16 heavy (non-hydrogen) atoms. The van der Waals surface area contributed by atoms with Gasteiger partial charge in [0.2, 0.25) is 0 Å². The third-order valence-corrected chi connectivity index (χ3v) is 2.10. The fourth-order valence-electron chi connectivity index (χ4n) is 1.28. The van der Waals surface area contributed by atoms with E-state index in [1.165, 1.54) is 6.08 Å². The van der Waals surface area contributed by atoms with Crippen molar-refractivity contribution in [3.63, 3.8) is 0 Å². The van der Waals surface area contributed by atoms with Gasteiger partial charge in [0.15, 0.2) is 0 Å². The summed E-state index contributed by atoms with van der Waals surface area (Å²) in [6.45, 7) is 2.42. The van der Waals surface area contributed by atoms with Crippen LogP contribution in [0.2, 0.25) is 0 Å². The van der Waals surface area contributed by atoms with Crippen molar-refractivity contribution >= 4 is 11.9 Å². The quantitative estimate of drug-likeness (QED) is 0.298. The number of esters is 2. The zero-order valence-corrected chi connectivity index (χ0v) is 9.91. The second-order valence-corrected chi connectivity index (χ2v) is 3.60. The Kier molecular flexibility index (Phi) is 9.61. The zero-order valence-electron chi connectivity index (χ0n) is 9.91. The number of carbonyl (C=O) groups excluding carboxylic acids is 2. The first-order chi connectivity index (χ1) is 7.70. The maximum absolute atomic E-state index is 11.1. The first-order valence-corrected chi connectivity index (χ1v) is 5.78. The van der Waals surface area contributed by atoms with Crippen LogP contribution >= 0.6 is 0 Å². The normalized spacial score (nSPS) is 10.6. The van der Waals surface area contributed by atoms with Crippen molar-refractivity contribution in [3.8, 4) is 0 Å². The number of unbranched alkanes of at least 4 members (excludes halogenated alkanes) is 4. The minimum atomic E-state index is -0.587. The van der Waals surface area contributed by atoms with Crippen LogP contribution in [0, 0.1) is 0 Å². The van der Waals surface area contributed by atoms with Crippen LogP contribution in [-0.2, 0) is 14.3 Å². The molecule has 0 amide bonds. The van der Waals surface area contributed by atoms with Crippen LogP contribution in [0.5, 0.6) is 0 Å². The van der Waals surface area contributed by atoms with Crippen LogP contribution in [0.25, 0.3) is 0 Å². The first-order valence-electron chi connectivity index (χ1n) is 5.78. The Balaban J connectivity index is 3.40. The summed E-state index contributed by atoms with van der Waals surface area (Å²) in [5.41, 5.74) is 5.36. The minimum absolute atomic E-state index is 0.311. The highest BCUT2D eigenvalue weighted by Gasteiger charge is 2.06. The molecule has 4 heteroatoms. The van der Waals surface area contributed by atoms with E-state index in [1.54, 1.807) is 13.0 Å². The number of allylic oxidation sites excluding steroid dienone is 1.